The highest BCUT2D eigenvalue weighted by Crippen LogP contribution is 2.33. The van der Waals surface area contributed by atoms with Crippen LogP contribution in [0.4, 0.5) is 4.79 Å². The molecule has 3 rings (SSSR count). The van der Waals surface area contributed by atoms with Crippen molar-refractivity contribution in [2.45, 2.75) is 6.61 Å². The second-order valence-corrected chi connectivity index (χ2v) is 6.43. The quantitative estimate of drug-likeness (QED) is 0.806. The number of carbonyl (C=O) groups excluding carboxylic acids is 2. The van der Waals surface area contributed by atoms with Crippen LogP contribution in [0.15, 0.2) is 59.5 Å². The molecule has 2 N–H and O–H groups in total. The lowest BCUT2D eigenvalue weighted by Crippen LogP contribution is -2.33. The van der Waals surface area contributed by atoms with E-state index >= 15 is 0 Å². The highest BCUT2D eigenvalue weighted by atomic mass is 32.2. The fourth-order valence-corrected chi connectivity index (χ4v) is 3.29. The van der Waals surface area contributed by atoms with Gasteiger partial charge in [-0.05, 0) is 29.5 Å². The molecule has 2 aromatic rings. The normalized spacial score (nSPS) is 15.9. The number of amides is 2. The molecule has 2 aromatic carbocycles. The fraction of sp³-hybridized carbons (Fsp3) is 0.158. The number of nitrogens with two attached hydrogens (primary N) is 1. The lowest BCUT2D eigenvalue weighted by atomic mass is 10.1. The second kappa shape index (κ2) is 8.00. The summed E-state index contributed by atoms with van der Waals surface area (Å²) in [6, 6.07) is 17.3. The lowest BCUT2D eigenvalue weighted by molar-refractivity contribution is -0.122. The molecule has 0 bridgehead atoms. The van der Waals surface area contributed by atoms with Crippen LogP contribution in [0.2, 0.25) is 0 Å². The largest absolute Gasteiger partial charge is 0.488 e. The van der Waals surface area contributed by atoms with Crippen LogP contribution in [0.3, 0.4) is 0 Å². The third kappa shape index (κ3) is 4.10. The van der Waals surface area contributed by atoms with Gasteiger partial charge in [0.2, 0.25) is 0 Å². The summed E-state index contributed by atoms with van der Waals surface area (Å²) in [7, 11) is 0. The van der Waals surface area contributed by atoms with Crippen LogP contribution in [0.1, 0.15) is 11.1 Å². The predicted octanol–water partition coefficient (Wildman–Crippen LogP) is 3.26. The van der Waals surface area contributed by atoms with Crippen LogP contribution in [0.5, 0.6) is 5.75 Å². The molecule has 1 aliphatic rings. The number of carbonyl (C=O) groups is 2. The molecule has 2 amide bonds. The van der Waals surface area contributed by atoms with Crippen LogP contribution in [-0.4, -0.2) is 29.1 Å². The van der Waals surface area contributed by atoms with Gasteiger partial charge in [0.25, 0.3) is 11.1 Å². The summed E-state index contributed by atoms with van der Waals surface area (Å²) < 4.78 is 5.89. The number of para-hydroxylation sites is 1. The summed E-state index contributed by atoms with van der Waals surface area (Å²) in [5.41, 5.74) is 7.27. The van der Waals surface area contributed by atoms with E-state index in [1.165, 1.54) is 4.90 Å². The van der Waals surface area contributed by atoms with E-state index in [2.05, 4.69) is 0 Å². The fourth-order valence-electron chi connectivity index (χ4n) is 2.43. The van der Waals surface area contributed by atoms with Gasteiger partial charge in [0.1, 0.15) is 12.4 Å². The maximum Gasteiger partial charge on any atom is 0.293 e. The number of nitrogens with zero attached hydrogens (tertiary/aromatic N) is 1. The molecule has 1 fully saturated rings. The Balaban J connectivity index is 1.79. The smallest absolute Gasteiger partial charge is 0.293 e. The first kappa shape index (κ1) is 17.3. The van der Waals surface area contributed by atoms with Crippen molar-refractivity contribution >= 4 is 29.0 Å². The second-order valence-electron chi connectivity index (χ2n) is 5.43. The number of hydrogen-bond donors (Lipinski definition) is 1. The third-order valence-corrected chi connectivity index (χ3v) is 4.58. The van der Waals surface area contributed by atoms with Crippen molar-refractivity contribution in [1.29, 1.82) is 0 Å². The van der Waals surface area contributed by atoms with Gasteiger partial charge in [0.05, 0.1) is 4.91 Å². The minimum absolute atomic E-state index is 0.230. The summed E-state index contributed by atoms with van der Waals surface area (Å²) in [6.07, 6.45) is 1.70. The Bertz CT molecular complexity index is 805. The molecule has 0 unspecified atom stereocenters. The molecule has 25 heavy (non-hydrogen) atoms. The van der Waals surface area contributed by atoms with Gasteiger partial charge in [-0.2, -0.15) is 0 Å². The first-order chi connectivity index (χ1) is 12.2. The Hall–Kier alpha value is -2.57. The van der Waals surface area contributed by atoms with Gasteiger partial charge in [-0.25, -0.2) is 0 Å². The number of thioether (sulfide) groups is 1. The summed E-state index contributed by atoms with van der Waals surface area (Å²) >= 11 is 0.927. The van der Waals surface area contributed by atoms with E-state index in [9.17, 15) is 9.59 Å². The third-order valence-electron chi connectivity index (χ3n) is 3.67. The van der Waals surface area contributed by atoms with Crippen molar-refractivity contribution in [3.63, 3.8) is 0 Å². The Morgan fingerprint density at radius 3 is 2.52 bits per heavy atom. The molecular weight excluding hydrogens is 336 g/mol. The van der Waals surface area contributed by atoms with Crippen LogP contribution in [0.25, 0.3) is 6.08 Å². The molecule has 1 saturated heterocycles. The SMILES string of the molecule is NCCN1C(=O)S/C(=C/c2ccccc2OCc2ccccc2)C1=O. The lowest BCUT2D eigenvalue weighted by Gasteiger charge is -2.10. The zero-order valence-electron chi connectivity index (χ0n) is 13.6. The van der Waals surface area contributed by atoms with Gasteiger partial charge in [-0.15, -0.1) is 0 Å². The molecule has 128 valence electrons. The minimum atomic E-state index is -0.307. The first-order valence-corrected chi connectivity index (χ1v) is 8.72. The van der Waals surface area contributed by atoms with Gasteiger partial charge < -0.3 is 10.5 Å². The Labute approximate surface area is 150 Å². The average molecular weight is 354 g/mol. The van der Waals surface area contributed by atoms with E-state index < -0.39 is 0 Å². The summed E-state index contributed by atoms with van der Waals surface area (Å²) in [4.78, 5) is 25.8. The van der Waals surface area contributed by atoms with Crippen LogP contribution in [-0.2, 0) is 11.4 Å². The molecule has 0 aliphatic carbocycles. The van der Waals surface area contributed by atoms with Gasteiger partial charge in [0, 0.05) is 18.7 Å². The molecule has 0 radical (unpaired) electrons. The standard InChI is InChI=1S/C19H18N2O3S/c20-10-11-21-18(22)17(25-19(21)23)12-15-8-4-5-9-16(15)24-13-14-6-2-1-3-7-14/h1-9,12H,10-11,13,20H2/b17-12+. The van der Waals surface area contributed by atoms with E-state index in [-0.39, 0.29) is 24.2 Å². The van der Waals surface area contributed by atoms with Crippen LogP contribution >= 0.6 is 11.8 Å². The summed E-state index contributed by atoms with van der Waals surface area (Å²) in [5, 5.41) is -0.288. The molecule has 1 aliphatic heterocycles. The van der Waals surface area contributed by atoms with Crippen molar-refractivity contribution < 1.29 is 14.3 Å². The first-order valence-electron chi connectivity index (χ1n) is 7.90. The van der Waals surface area contributed by atoms with Gasteiger partial charge in [0.15, 0.2) is 0 Å². The highest BCUT2D eigenvalue weighted by Gasteiger charge is 2.34. The number of imide groups is 1. The number of ether oxygens (including phenoxy) is 1. The van der Waals surface area contributed by atoms with E-state index in [1.807, 2.05) is 54.6 Å². The molecule has 5 nitrogen and oxygen atoms in total. The Morgan fingerprint density at radius 2 is 1.76 bits per heavy atom. The average Bonchev–Trinajstić information content (AvgIpc) is 2.90. The van der Waals surface area contributed by atoms with Crippen molar-refractivity contribution in [2.75, 3.05) is 13.1 Å². The van der Waals surface area contributed by atoms with Crippen molar-refractivity contribution in [3.05, 3.63) is 70.6 Å². The van der Waals surface area contributed by atoms with Crippen molar-refractivity contribution in [3.8, 4) is 5.75 Å². The van der Waals surface area contributed by atoms with E-state index in [0.717, 1.165) is 22.9 Å². The van der Waals surface area contributed by atoms with Gasteiger partial charge >= 0.3 is 0 Å². The molecule has 0 saturated carbocycles. The molecular formula is C19H18N2O3S. The topological polar surface area (TPSA) is 72.6 Å². The molecule has 1 heterocycles. The van der Waals surface area contributed by atoms with E-state index in [1.54, 1.807) is 6.08 Å². The monoisotopic (exact) mass is 354 g/mol. The van der Waals surface area contributed by atoms with Crippen molar-refractivity contribution in [2.24, 2.45) is 5.73 Å². The van der Waals surface area contributed by atoms with E-state index in [0.29, 0.717) is 17.3 Å². The number of rotatable bonds is 6. The number of hydrogen-bond acceptors (Lipinski definition) is 5. The predicted molar refractivity (Wildman–Crippen MR) is 98.9 cm³/mol. The zero-order valence-corrected chi connectivity index (χ0v) is 14.4. The summed E-state index contributed by atoms with van der Waals surface area (Å²) in [6.45, 7) is 0.913. The highest BCUT2D eigenvalue weighted by molar-refractivity contribution is 8.18. The molecule has 0 atom stereocenters. The van der Waals surface area contributed by atoms with Crippen LogP contribution < -0.4 is 10.5 Å². The Morgan fingerprint density at radius 1 is 1.04 bits per heavy atom. The molecule has 6 heteroatoms. The molecule has 0 aromatic heterocycles. The summed E-state index contributed by atoms with van der Waals surface area (Å²) in [5.74, 6) is 0.357. The number of benzene rings is 2. The van der Waals surface area contributed by atoms with Gasteiger partial charge in [-0.3, -0.25) is 14.5 Å². The van der Waals surface area contributed by atoms with Crippen molar-refractivity contribution in [1.82, 2.24) is 4.90 Å². The van der Waals surface area contributed by atoms with Gasteiger partial charge in [-0.1, -0.05) is 48.5 Å². The van der Waals surface area contributed by atoms with E-state index in [4.69, 9.17) is 10.5 Å². The maximum absolute atomic E-state index is 12.3. The minimum Gasteiger partial charge on any atom is -0.488 e. The Kier molecular flexibility index (Phi) is 5.53. The maximum atomic E-state index is 12.3. The van der Waals surface area contributed by atoms with Crippen LogP contribution in [0, 0.1) is 0 Å². The zero-order chi connectivity index (χ0) is 17.6. The molecule has 0 spiro atoms.